The molecule has 24 heavy (non-hydrogen) atoms. The first kappa shape index (κ1) is 19.3. The van der Waals surface area contributed by atoms with Crippen molar-refractivity contribution in [1.29, 1.82) is 0 Å². The quantitative estimate of drug-likeness (QED) is 0.692. The molecule has 0 aliphatic carbocycles. The molecule has 1 fully saturated rings. The Kier molecular flexibility index (Phi) is 7.17. The summed E-state index contributed by atoms with van der Waals surface area (Å²) < 4.78 is 30.0. The van der Waals surface area contributed by atoms with Gasteiger partial charge in [0.25, 0.3) is 0 Å². The molecule has 1 aromatic heterocycles. The number of aliphatic hydroxyl groups is 1. The minimum absolute atomic E-state index is 0.0697. The standard InChI is InChI=1S/C15H24N2O5S2/c1-24(20,21)17-6-4-12(5-7-17)15(19)16-11-13(22-9-8-18)14-3-2-10-23-14/h2-3,10,12-13,18H,4-9,11H2,1H3,(H,16,19). The molecule has 2 rings (SSSR count). The van der Waals surface area contributed by atoms with Crippen LogP contribution in [0.1, 0.15) is 23.8 Å². The van der Waals surface area contributed by atoms with Crippen LogP contribution in [0.4, 0.5) is 0 Å². The molecule has 2 heterocycles. The van der Waals surface area contributed by atoms with Gasteiger partial charge in [-0.05, 0) is 24.3 Å². The summed E-state index contributed by atoms with van der Waals surface area (Å²) in [7, 11) is -3.18. The highest BCUT2D eigenvalue weighted by Gasteiger charge is 2.29. The summed E-state index contributed by atoms with van der Waals surface area (Å²) >= 11 is 1.54. The Labute approximate surface area is 146 Å². The topological polar surface area (TPSA) is 95.9 Å². The predicted octanol–water partition coefficient (Wildman–Crippen LogP) is 0.586. The van der Waals surface area contributed by atoms with Crippen molar-refractivity contribution >= 4 is 27.3 Å². The Bertz CT molecular complexity index is 610. The Hall–Kier alpha value is -1.00. The van der Waals surface area contributed by atoms with Gasteiger partial charge in [0.2, 0.25) is 15.9 Å². The van der Waals surface area contributed by atoms with Crippen molar-refractivity contribution in [2.75, 3.05) is 39.1 Å². The van der Waals surface area contributed by atoms with E-state index in [9.17, 15) is 13.2 Å². The number of aliphatic hydroxyl groups excluding tert-OH is 1. The van der Waals surface area contributed by atoms with Crippen molar-refractivity contribution < 1.29 is 23.1 Å². The molecule has 1 aliphatic heterocycles. The van der Waals surface area contributed by atoms with E-state index in [4.69, 9.17) is 9.84 Å². The minimum Gasteiger partial charge on any atom is -0.394 e. The average Bonchev–Trinajstić information content (AvgIpc) is 3.08. The normalized spacial score (nSPS) is 18.4. The zero-order chi connectivity index (χ0) is 17.6. The fraction of sp³-hybridized carbons (Fsp3) is 0.667. The van der Waals surface area contributed by atoms with Gasteiger partial charge in [-0.25, -0.2) is 12.7 Å². The molecule has 2 N–H and O–H groups in total. The SMILES string of the molecule is CS(=O)(=O)N1CCC(C(=O)NCC(OCCO)c2cccs2)CC1. The highest BCUT2D eigenvalue weighted by Crippen LogP contribution is 2.23. The minimum atomic E-state index is -3.18. The first-order valence-corrected chi connectivity index (χ1v) is 10.6. The third-order valence-electron chi connectivity index (χ3n) is 4.03. The largest absolute Gasteiger partial charge is 0.394 e. The molecule has 7 nitrogen and oxygen atoms in total. The summed E-state index contributed by atoms with van der Waals surface area (Å²) in [6, 6.07) is 3.85. The molecule has 1 amide bonds. The van der Waals surface area contributed by atoms with Gasteiger partial charge in [0.05, 0.1) is 19.5 Å². The number of thiophene rings is 1. The fourth-order valence-electron chi connectivity index (χ4n) is 2.70. The number of hydrogen-bond donors (Lipinski definition) is 2. The van der Waals surface area contributed by atoms with Gasteiger partial charge in [-0.2, -0.15) is 0 Å². The Morgan fingerprint density at radius 2 is 2.21 bits per heavy atom. The number of ether oxygens (including phenoxy) is 1. The Morgan fingerprint density at radius 1 is 1.50 bits per heavy atom. The van der Waals surface area contributed by atoms with Crippen molar-refractivity contribution in [3.8, 4) is 0 Å². The number of rotatable bonds is 8. The van der Waals surface area contributed by atoms with Gasteiger partial charge in [0.1, 0.15) is 6.10 Å². The summed E-state index contributed by atoms with van der Waals surface area (Å²) in [6.07, 6.45) is 1.97. The summed E-state index contributed by atoms with van der Waals surface area (Å²) in [5.41, 5.74) is 0. The Balaban J connectivity index is 1.83. The first-order valence-electron chi connectivity index (χ1n) is 7.90. The van der Waals surface area contributed by atoms with Crippen molar-refractivity contribution in [1.82, 2.24) is 9.62 Å². The molecule has 1 atom stereocenters. The fourth-order valence-corrected chi connectivity index (χ4v) is 4.35. The number of sulfonamides is 1. The number of carbonyl (C=O) groups excluding carboxylic acids is 1. The van der Waals surface area contributed by atoms with E-state index < -0.39 is 10.0 Å². The second-order valence-electron chi connectivity index (χ2n) is 5.78. The molecule has 1 unspecified atom stereocenters. The summed E-state index contributed by atoms with van der Waals surface area (Å²) in [5.74, 6) is -0.248. The summed E-state index contributed by atoms with van der Waals surface area (Å²) in [5, 5.41) is 13.8. The van der Waals surface area contributed by atoms with E-state index in [1.165, 1.54) is 10.6 Å². The van der Waals surface area contributed by atoms with E-state index in [1.807, 2.05) is 17.5 Å². The van der Waals surface area contributed by atoms with Crippen LogP contribution in [0.5, 0.6) is 0 Å². The van der Waals surface area contributed by atoms with Gasteiger partial charge < -0.3 is 15.2 Å². The van der Waals surface area contributed by atoms with E-state index in [-0.39, 0.29) is 31.1 Å². The molecule has 0 aromatic carbocycles. The summed E-state index contributed by atoms with van der Waals surface area (Å²) in [6.45, 7) is 1.25. The van der Waals surface area contributed by atoms with Gasteiger partial charge in [0.15, 0.2) is 0 Å². The first-order chi connectivity index (χ1) is 11.4. The highest BCUT2D eigenvalue weighted by molar-refractivity contribution is 7.88. The van der Waals surface area contributed by atoms with Gasteiger partial charge >= 0.3 is 0 Å². The van der Waals surface area contributed by atoms with Crippen LogP contribution in [0.15, 0.2) is 17.5 Å². The highest BCUT2D eigenvalue weighted by atomic mass is 32.2. The van der Waals surface area contributed by atoms with E-state index in [1.54, 1.807) is 11.3 Å². The molecule has 1 saturated heterocycles. The average molecular weight is 377 g/mol. The number of piperidine rings is 1. The lowest BCUT2D eigenvalue weighted by molar-refractivity contribution is -0.126. The lowest BCUT2D eigenvalue weighted by Gasteiger charge is -2.29. The van der Waals surface area contributed by atoms with Crippen molar-refractivity contribution in [2.24, 2.45) is 5.92 Å². The van der Waals surface area contributed by atoms with Crippen molar-refractivity contribution in [3.05, 3.63) is 22.4 Å². The van der Waals surface area contributed by atoms with E-state index in [0.717, 1.165) is 4.88 Å². The number of nitrogens with one attached hydrogen (secondary N) is 1. The van der Waals surface area contributed by atoms with Crippen LogP contribution in [-0.4, -0.2) is 62.8 Å². The maximum atomic E-state index is 12.3. The van der Waals surface area contributed by atoms with Gasteiger partial charge in [0, 0.05) is 30.4 Å². The second-order valence-corrected chi connectivity index (χ2v) is 8.74. The van der Waals surface area contributed by atoms with Crippen LogP contribution in [-0.2, 0) is 19.6 Å². The molecule has 136 valence electrons. The molecule has 0 saturated carbocycles. The molecule has 9 heteroatoms. The molecule has 0 spiro atoms. The monoisotopic (exact) mass is 376 g/mol. The second kappa shape index (κ2) is 8.91. The van der Waals surface area contributed by atoms with Gasteiger partial charge in [-0.15, -0.1) is 11.3 Å². The maximum Gasteiger partial charge on any atom is 0.223 e. The third-order valence-corrected chi connectivity index (χ3v) is 6.29. The van der Waals surface area contributed by atoms with E-state index in [2.05, 4.69) is 5.32 Å². The lowest BCUT2D eigenvalue weighted by atomic mass is 9.97. The lowest BCUT2D eigenvalue weighted by Crippen LogP contribution is -2.43. The van der Waals surface area contributed by atoms with E-state index in [0.29, 0.717) is 32.5 Å². The van der Waals surface area contributed by atoms with E-state index >= 15 is 0 Å². The van der Waals surface area contributed by atoms with Crippen LogP contribution in [0, 0.1) is 5.92 Å². The van der Waals surface area contributed by atoms with Crippen LogP contribution >= 0.6 is 11.3 Å². The Morgan fingerprint density at radius 3 is 2.75 bits per heavy atom. The van der Waals surface area contributed by atoms with Crippen molar-refractivity contribution in [3.63, 3.8) is 0 Å². The zero-order valence-electron chi connectivity index (χ0n) is 13.7. The summed E-state index contributed by atoms with van der Waals surface area (Å²) in [4.78, 5) is 13.3. The number of hydrogen-bond acceptors (Lipinski definition) is 6. The maximum absolute atomic E-state index is 12.3. The van der Waals surface area contributed by atoms with Gasteiger partial charge in [-0.3, -0.25) is 4.79 Å². The van der Waals surface area contributed by atoms with Crippen LogP contribution in [0.25, 0.3) is 0 Å². The third kappa shape index (κ3) is 5.52. The smallest absolute Gasteiger partial charge is 0.223 e. The van der Waals surface area contributed by atoms with Crippen LogP contribution in [0.3, 0.4) is 0 Å². The predicted molar refractivity (Wildman–Crippen MR) is 92.2 cm³/mol. The molecule has 0 bridgehead atoms. The molecule has 1 aliphatic rings. The molecular weight excluding hydrogens is 352 g/mol. The molecule has 0 radical (unpaired) electrons. The number of amides is 1. The zero-order valence-corrected chi connectivity index (χ0v) is 15.3. The van der Waals surface area contributed by atoms with Crippen LogP contribution < -0.4 is 5.32 Å². The van der Waals surface area contributed by atoms with Crippen molar-refractivity contribution in [2.45, 2.75) is 18.9 Å². The van der Waals surface area contributed by atoms with Crippen LogP contribution in [0.2, 0.25) is 0 Å². The van der Waals surface area contributed by atoms with Gasteiger partial charge in [-0.1, -0.05) is 6.07 Å². The molecular formula is C15H24N2O5S2. The number of nitrogens with zero attached hydrogens (tertiary/aromatic N) is 1. The molecule has 1 aromatic rings. The number of carbonyl (C=O) groups is 1.